The molecule has 1 aromatic heterocycles. The van der Waals surface area contributed by atoms with E-state index in [1.165, 1.54) is 18.3 Å². The number of fused-ring (bicyclic) bond motifs is 1. The highest BCUT2D eigenvalue weighted by molar-refractivity contribution is 7.16. The lowest BCUT2D eigenvalue weighted by Gasteiger charge is -2.00. The number of Topliss-reactive ketones (excluding diaryl/α,β-unsaturated/α-hetero) is 1. The first-order valence-corrected chi connectivity index (χ1v) is 8.55. The standard InChI is InChI=1S/C20H16N2O2S/c1-4-11-22-17-10-5-13(2)12-18(17)25-20(22)21-19(24)16-8-6-15(7-9-16)14(3)23/h1,5-10,12H,11H2,2-3H3. The molecule has 3 aromatic rings. The SMILES string of the molecule is C#CCn1c(=NC(=O)c2ccc(C(C)=O)cc2)sc2cc(C)ccc21. The highest BCUT2D eigenvalue weighted by atomic mass is 32.1. The van der Waals surface area contributed by atoms with Gasteiger partial charge < -0.3 is 4.57 Å². The Bertz CT molecular complexity index is 1080. The van der Waals surface area contributed by atoms with Crippen LogP contribution in [0.2, 0.25) is 0 Å². The first kappa shape index (κ1) is 16.9. The molecular formula is C20H16N2O2S. The summed E-state index contributed by atoms with van der Waals surface area (Å²) in [6.45, 7) is 3.85. The molecule has 1 amide bonds. The van der Waals surface area contributed by atoms with E-state index in [2.05, 4.69) is 17.0 Å². The predicted molar refractivity (Wildman–Crippen MR) is 99.7 cm³/mol. The summed E-state index contributed by atoms with van der Waals surface area (Å²) in [6.07, 6.45) is 5.47. The van der Waals surface area contributed by atoms with Crippen molar-refractivity contribution in [3.63, 3.8) is 0 Å². The molecule has 0 bridgehead atoms. The Labute approximate surface area is 149 Å². The van der Waals surface area contributed by atoms with Crippen molar-refractivity contribution in [2.24, 2.45) is 4.99 Å². The number of hydrogen-bond donors (Lipinski definition) is 0. The van der Waals surface area contributed by atoms with Gasteiger partial charge in [0.25, 0.3) is 5.91 Å². The number of hydrogen-bond acceptors (Lipinski definition) is 3. The third-order valence-corrected chi connectivity index (χ3v) is 4.86. The van der Waals surface area contributed by atoms with Gasteiger partial charge in [0, 0.05) is 11.1 Å². The molecule has 0 atom stereocenters. The van der Waals surface area contributed by atoms with Crippen molar-refractivity contribution in [3.05, 3.63) is 64.0 Å². The third kappa shape index (κ3) is 3.44. The number of carbonyl (C=O) groups is 2. The summed E-state index contributed by atoms with van der Waals surface area (Å²) in [7, 11) is 0. The number of terminal acetylenes is 1. The largest absolute Gasteiger partial charge is 0.305 e. The second kappa shape index (κ2) is 6.88. The molecule has 124 valence electrons. The number of rotatable bonds is 3. The second-order valence-corrected chi connectivity index (χ2v) is 6.71. The van der Waals surface area contributed by atoms with Gasteiger partial charge in [-0.15, -0.1) is 6.42 Å². The summed E-state index contributed by atoms with van der Waals surface area (Å²) in [5, 5.41) is 0. The normalized spacial score (nSPS) is 11.5. The zero-order valence-corrected chi connectivity index (χ0v) is 14.8. The van der Waals surface area contributed by atoms with E-state index in [0.29, 0.717) is 22.5 Å². The average molecular weight is 348 g/mol. The van der Waals surface area contributed by atoms with Crippen molar-refractivity contribution in [1.29, 1.82) is 0 Å². The van der Waals surface area contributed by atoms with Crippen LogP contribution in [0.1, 0.15) is 33.2 Å². The smallest absolute Gasteiger partial charge is 0.279 e. The molecule has 0 aliphatic rings. The number of aryl methyl sites for hydroxylation is 1. The zero-order valence-electron chi connectivity index (χ0n) is 13.9. The molecule has 0 aliphatic heterocycles. The number of ketones is 1. The molecule has 3 rings (SSSR count). The van der Waals surface area contributed by atoms with E-state index >= 15 is 0 Å². The Kier molecular flexibility index (Phi) is 4.64. The van der Waals surface area contributed by atoms with Crippen LogP contribution in [-0.2, 0) is 6.54 Å². The molecule has 0 radical (unpaired) electrons. The van der Waals surface area contributed by atoms with Crippen molar-refractivity contribution >= 4 is 33.2 Å². The topological polar surface area (TPSA) is 51.4 Å². The van der Waals surface area contributed by atoms with Gasteiger partial charge in [0.05, 0.1) is 16.8 Å². The minimum atomic E-state index is -0.357. The summed E-state index contributed by atoms with van der Waals surface area (Å²) in [6, 6.07) is 12.6. The maximum Gasteiger partial charge on any atom is 0.279 e. The summed E-state index contributed by atoms with van der Waals surface area (Å²) in [5.74, 6) is 2.21. The number of nitrogens with zero attached hydrogens (tertiary/aromatic N) is 2. The Morgan fingerprint density at radius 1 is 1.16 bits per heavy atom. The molecule has 0 saturated heterocycles. The Morgan fingerprint density at radius 2 is 1.84 bits per heavy atom. The van der Waals surface area contributed by atoms with Gasteiger partial charge in [-0.05, 0) is 43.7 Å². The highest BCUT2D eigenvalue weighted by Gasteiger charge is 2.09. The molecule has 0 unspecified atom stereocenters. The van der Waals surface area contributed by atoms with Gasteiger partial charge >= 0.3 is 0 Å². The summed E-state index contributed by atoms with van der Waals surface area (Å²) in [4.78, 5) is 28.6. The van der Waals surface area contributed by atoms with Crippen LogP contribution in [0.4, 0.5) is 0 Å². The van der Waals surface area contributed by atoms with Crippen molar-refractivity contribution in [2.45, 2.75) is 20.4 Å². The van der Waals surface area contributed by atoms with Crippen LogP contribution in [0.5, 0.6) is 0 Å². The lowest BCUT2D eigenvalue weighted by atomic mass is 10.1. The monoisotopic (exact) mass is 348 g/mol. The third-order valence-electron chi connectivity index (χ3n) is 3.82. The van der Waals surface area contributed by atoms with Gasteiger partial charge in [-0.25, -0.2) is 0 Å². The average Bonchev–Trinajstić information content (AvgIpc) is 2.91. The highest BCUT2D eigenvalue weighted by Crippen LogP contribution is 2.19. The van der Waals surface area contributed by atoms with Crippen LogP contribution in [0, 0.1) is 19.3 Å². The molecule has 0 fully saturated rings. The van der Waals surface area contributed by atoms with Crippen molar-refractivity contribution < 1.29 is 9.59 Å². The van der Waals surface area contributed by atoms with E-state index < -0.39 is 0 Å². The maximum absolute atomic E-state index is 12.5. The minimum absolute atomic E-state index is 0.0392. The van der Waals surface area contributed by atoms with E-state index in [1.54, 1.807) is 24.3 Å². The summed E-state index contributed by atoms with van der Waals surface area (Å²) in [5.41, 5.74) is 3.11. The van der Waals surface area contributed by atoms with E-state index in [-0.39, 0.29) is 11.7 Å². The van der Waals surface area contributed by atoms with Crippen molar-refractivity contribution in [1.82, 2.24) is 4.57 Å². The number of benzene rings is 2. The number of carbonyl (C=O) groups excluding carboxylic acids is 2. The molecule has 0 aliphatic carbocycles. The Balaban J connectivity index is 2.08. The Hall–Kier alpha value is -2.97. The van der Waals surface area contributed by atoms with Gasteiger partial charge in [0.15, 0.2) is 10.6 Å². The molecular weight excluding hydrogens is 332 g/mol. The van der Waals surface area contributed by atoms with E-state index in [4.69, 9.17) is 6.42 Å². The minimum Gasteiger partial charge on any atom is -0.305 e. The predicted octanol–water partition coefficient (Wildman–Crippen LogP) is 3.59. The van der Waals surface area contributed by atoms with Gasteiger partial charge in [-0.1, -0.05) is 35.5 Å². The fourth-order valence-electron chi connectivity index (χ4n) is 2.51. The quantitative estimate of drug-likeness (QED) is 0.536. The van der Waals surface area contributed by atoms with Gasteiger partial charge in [0.2, 0.25) is 0 Å². The molecule has 4 nitrogen and oxygen atoms in total. The van der Waals surface area contributed by atoms with Crippen LogP contribution in [0.15, 0.2) is 47.5 Å². The van der Waals surface area contributed by atoms with Crippen LogP contribution < -0.4 is 4.80 Å². The van der Waals surface area contributed by atoms with Gasteiger partial charge in [-0.2, -0.15) is 4.99 Å². The van der Waals surface area contributed by atoms with Gasteiger partial charge in [-0.3, -0.25) is 9.59 Å². The first-order valence-electron chi connectivity index (χ1n) is 7.73. The van der Waals surface area contributed by atoms with E-state index in [0.717, 1.165) is 15.8 Å². The van der Waals surface area contributed by atoms with Crippen LogP contribution in [-0.4, -0.2) is 16.3 Å². The number of thiazole rings is 1. The maximum atomic E-state index is 12.5. The fraction of sp³-hybridized carbons (Fsp3) is 0.150. The molecule has 0 spiro atoms. The molecule has 0 N–H and O–H groups in total. The van der Waals surface area contributed by atoms with Crippen LogP contribution in [0.25, 0.3) is 10.2 Å². The summed E-state index contributed by atoms with van der Waals surface area (Å²) >= 11 is 1.43. The molecule has 2 aromatic carbocycles. The van der Waals surface area contributed by atoms with Crippen LogP contribution in [0.3, 0.4) is 0 Å². The Morgan fingerprint density at radius 3 is 2.48 bits per heavy atom. The van der Waals surface area contributed by atoms with Crippen LogP contribution >= 0.6 is 11.3 Å². The van der Waals surface area contributed by atoms with Crippen molar-refractivity contribution in [2.75, 3.05) is 0 Å². The second-order valence-electron chi connectivity index (χ2n) is 5.70. The lowest BCUT2D eigenvalue weighted by Crippen LogP contribution is -2.16. The van der Waals surface area contributed by atoms with E-state index in [9.17, 15) is 9.59 Å². The van der Waals surface area contributed by atoms with Crippen molar-refractivity contribution in [3.8, 4) is 12.3 Å². The van der Waals surface area contributed by atoms with Gasteiger partial charge in [0.1, 0.15) is 0 Å². The zero-order chi connectivity index (χ0) is 18.0. The number of aromatic nitrogens is 1. The first-order chi connectivity index (χ1) is 12.0. The number of amides is 1. The fourth-order valence-corrected chi connectivity index (χ4v) is 3.63. The van der Waals surface area contributed by atoms with E-state index in [1.807, 2.05) is 23.6 Å². The lowest BCUT2D eigenvalue weighted by molar-refractivity contribution is 0.0991. The summed E-state index contributed by atoms with van der Waals surface area (Å²) < 4.78 is 2.90. The molecule has 0 saturated carbocycles. The molecule has 1 heterocycles. The molecule has 5 heteroatoms. The molecule has 25 heavy (non-hydrogen) atoms.